The van der Waals surface area contributed by atoms with Crippen LogP contribution in [0.2, 0.25) is 5.02 Å². The molecule has 32 heavy (non-hydrogen) atoms. The molecule has 2 N–H and O–H groups in total. The molecule has 1 aliphatic heterocycles. The van der Waals surface area contributed by atoms with Gasteiger partial charge in [-0.2, -0.15) is 0 Å². The van der Waals surface area contributed by atoms with E-state index in [1.54, 1.807) is 17.4 Å². The zero-order valence-corrected chi connectivity index (χ0v) is 19.7. The number of nitrogens with one attached hydrogen (secondary N) is 2. The van der Waals surface area contributed by atoms with Gasteiger partial charge in [0.1, 0.15) is 4.90 Å². The maximum atomic E-state index is 12.8. The third-order valence-electron chi connectivity index (χ3n) is 5.04. The van der Waals surface area contributed by atoms with Gasteiger partial charge < -0.3 is 10.1 Å². The number of amides is 1. The Hall–Kier alpha value is -2.30. The van der Waals surface area contributed by atoms with Crippen LogP contribution in [0, 0.1) is 6.92 Å². The lowest BCUT2D eigenvalue weighted by Crippen LogP contribution is -2.32. The molecule has 0 aliphatic carbocycles. The zero-order valence-electron chi connectivity index (χ0n) is 17.3. The monoisotopic (exact) mass is 491 g/mol. The van der Waals surface area contributed by atoms with Gasteiger partial charge in [0.2, 0.25) is 10.0 Å². The van der Waals surface area contributed by atoms with Crippen molar-refractivity contribution in [2.75, 3.05) is 18.5 Å². The summed E-state index contributed by atoms with van der Waals surface area (Å²) < 4.78 is 33.5. The van der Waals surface area contributed by atoms with E-state index in [2.05, 4.69) is 15.0 Å². The Morgan fingerprint density at radius 3 is 2.84 bits per heavy atom. The van der Waals surface area contributed by atoms with Crippen LogP contribution in [0.3, 0.4) is 0 Å². The van der Waals surface area contributed by atoms with Gasteiger partial charge in [0.05, 0.1) is 21.8 Å². The van der Waals surface area contributed by atoms with E-state index in [9.17, 15) is 13.2 Å². The van der Waals surface area contributed by atoms with Crippen LogP contribution in [-0.2, 0) is 14.8 Å². The van der Waals surface area contributed by atoms with Crippen molar-refractivity contribution in [3.8, 4) is 11.3 Å². The molecule has 0 unspecified atom stereocenters. The van der Waals surface area contributed by atoms with E-state index in [-0.39, 0.29) is 28.1 Å². The molecule has 1 aliphatic rings. The molecule has 2 aromatic carbocycles. The molecule has 7 nitrogen and oxygen atoms in total. The second kappa shape index (κ2) is 9.68. The highest BCUT2D eigenvalue weighted by Gasteiger charge is 2.23. The fourth-order valence-corrected chi connectivity index (χ4v) is 5.60. The first-order valence-electron chi connectivity index (χ1n) is 10.1. The average molecular weight is 492 g/mol. The minimum Gasteiger partial charge on any atom is -0.377 e. The van der Waals surface area contributed by atoms with Gasteiger partial charge in [-0.25, -0.2) is 18.1 Å². The first-order valence-corrected chi connectivity index (χ1v) is 12.8. The minimum absolute atomic E-state index is 0.0438. The highest BCUT2D eigenvalue weighted by molar-refractivity contribution is 7.89. The van der Waals surface area contributed by atoms with Crippen molar-refractivity contribution in [1.29, 1.82) is 0 Å². The van der Waals surface area contributed by atoms with E-state index in [0.717, 1.165) is 29.1 Å². The van der Waals surface area contributed by atoms with E-state index < -0.39 is 15.9 Å². The van der Waals surface area contributed by atoms with Crippen molar-refractivity contribution in [3.63, 3.8) is 0 Å². The largest absolute Gasteiger partial charge is 0.377 e. The molecule has 4 rings (SSSR count). The Morgan fingerprint density at radius 1 is 1.28 bits per heavy atom. The highest BCUT2D eigenvalue weighted by Crippen LogP contribution is 2.26. The van der Waals surface area contributed by atoms with Crippen molar-refractivity contribution in [2.24, 2.45) is 0 Å². The summed E-state index contributed by atoms with van der Waals surface area (Å²) in [4.78, 5) is 17.1. The van der Waals surface area contributed by atoms with Gasteiger partial charge in [-0.05, 0) is 50.1 Å². The van der Waals surface area contributed by atoms with Gasteiger partial charge in [0.25, 0.3) is 5.91 Å². The molecule has 0 bridgehead atoms. The number of anilines is 1. The molecule has 2 heterocycles. The van der Waals surface area contributed by atoms with Crippen LogP contribution in [0.1, 0.15) is 28.2 Å². The predicted molar refractivity (Wildman–Crippen MR) is 126 cm³/mol. The smallest absolute Gasteiger partial charge is 0.255 e. The SMILES string of the molecule is Cc1nc(-c2cccc(NC(=O)c3ccc(Cl)c(S(=O)(=O)NC[C@H]4CCCO4)c3)c2)cs1. The molecule has 168 valence electrons. The fourth-order valence-electron chi connectivity index (χ4n) is 3.39. The van der Waals surface area contributed by atoms with Crippen LogP contribution < -0.4 is 10.0 Å². The van der Waals surface area contributed by atoms with Gasteiger partial charge in [0.15, 0.2) is 0 Å². The van der Waals surface area contributed by atoms with Crippen molar-refractivity contribution >= 4 is 44.6 Å². The van der Waals surface area contributed by atoms with Crippen molar-refractivity contribution in [3.05, 3.63) is 63.4 Å². The Morgan fingerprint density at radius 2 is 2.12 bits per heavy atom. The third-order valence-corrected chi connectivity index (χ3v) is 7.72. The Bertz CT molecular complexity index is 1240. The lowest BCUT2D eigenvalue weighted by atomic mass is 10.1. The number of halogens is 1. The Labute approximate surface area is 195 Å². The molecule has 1 amide bonds. The number of ether oxygens (including phenoxy) is 1. The zero-order chi connectivity index (χ0) is 22.7. The van der Waals surface area contributed by atoms with Crippen molar-refractivity contribution < 1.29 is 17.9 Å². The molecule has 0 saturated carbocycles. The molecule has 10 heteroatoms. The number of nitrogens with zero attached hydrogens (tertiary/aromatic N) is 1. The van der Waals surface area contributed by atoms with Gasteiger partial charge in [0, 0.05) is 35.3 Å². The number of carbonyl (C=O) groups excluding carboxylic acids is 1. The van der Waals surface area contributed by atoms with Crippen molar-refractivity contribution in [1.82, 2.24) is 9.71 Å². The van der Waals surface area contributed by atoms with Gasteiger partial charge >= 0.3 is 0 Å². The number of aryl methyl sites for hydroxylation is 1. The summed E-state index contributed by atoms with van der Waals surface area (Å²) in [6, 6.07) is 11.5. The number of rotatable bonds is 7. The van der Waals surface area contributed by atoms with Crippen molar-refractivity contribution in [2.45, 2.75) is 30.8 Å². The summed E-state index contributed by atoms with van der Waals surface area (Å²) in [5, 5.41) is 5.76. The number of sulfonamides is 1. The molecule has 1 aromatic heterocycles. The van der Waals surface area contributed by atoms with E-state index in [4.69, 9.17) is 16.3 Å². The number of thiazole rings is 1. The lowest BCUT2D eigenvalue weighted by Gasteiger charge is -2.13. The second-order valence-electron chi connectivity index (χ2n) is 7.42. The van der Waals surface area contributed by atoms with Crippen LogP contribution in [0.4, 0.5) is 5.69 Å². The molecule has 0 spiro atoms. The topological polar surface area (TPSA) is 97.4 Å². The number of hydrogen-bond donors (Lipinski definition) is 2. The molecule has 1 atom stereocenters. The standard InChI is InChI=1S/C22H22ClN3O4S2/c1-14-25-20(13-31-14)15-4-2-5-17(10-15)26-22(27)16-7-8-19(23)21(11-16)32(28,29)24-12-18-6-3-9-30-18/h2,4-5,7-8,10-11,13,18,24H,3,6,9,12H2,1H3,(H,26,27)/t18-/m1/s1. The Kier molecular flexibility index (Phi) is 6.92. The quantitative estimate of drug-likeness (QED) is 0.507. The third kappa shape index (κ3) is 5.36. The lowest BCUT2D eigenvalue weighted by molar-refractivity contribution is 0.102. The molecule has 0 radical (unpaired) electrons. The van der Waals surface area contributed by atoms with Crippen LogP contribution >= 0.6 is 22.9 Å². The van der Waals surface area contributed by atoms with E-state index in [1.165, 1.54) is 18.2 Å². The number of hydrogen-bond acceptors (Lipinski definition) is 6. The minimum atomic E-state index is -3.90. The summed E-state index contributed by atoms with van der Waals surface area (Å²) in [7, 11) is -3.90. The summed E-state index contributed by atoms with van der Waals surface area (Å²) in [6.07, 6.45) is 1.56. The summed E-state index contributed by atoms with van der Waals surface area (Å²) in [6.45, 7) is 2.73. The van der Waals surface area contributed by atoms with Crippen LogP contribution in [-0.4, -0.2) is 38.6 Å². The fraction of sp³-hybridized carbons (Fsp3) is 0.273. The van der Waals surface area contributed by atoms with E-state index >= 15 is 0 Å². The van der Waals surface area contributed by atoms with Crippen LogP contribution in [0.5, 0.6) is 0 Å². The summed E-state index contributed by atoms with van der Waals surface area (Å²) in [5.41, 5.74) is 2.47. The van der Waals surface area contributed by atoms with Crippen LogP contribution in [0.15, 0.2) is 52.7 Å². The average Bonchev–Trinajstić information content (AvgIpc) is 3.44. The maximum Gasteiger partial charge on any atom is 0.255 e. The molecule has 1 saturated heterocycles. The summed E-state index contributed by atoms with van der Waals surface area (Å²) >= 11 is 7.69. The highest BCUT2D eigenvalue weighted by atomic mass is 35.5. The van der Waals surface area contributed by atoms with E-state index in [0.29, 0.717) is 12.3 Å². The first kappa shape index (κ1) is 22.9. The number of aromatic nitrogens is 1. The number of benzene rings is 2. The maximum absolute atomic E-state index is 12.8. The predicted octanol–water partition coefficient (Wildman–Crippen LogP) is 4.48. The van der Waals surface area contributed by atoms with Gasteiger partial charge in [-0.3, -0.25) is 4.79 Å². The van der Waals surface area contributed by atoms with Gasteiger partial charge in [-0.15, -0.1) is 11.3 Å². The summed E-state index contributed by atoms with van der Waals surface area (Å²) in [5.74, 6) is -0.441. The molecular weight excluding hydrogens is 470 g/mol. The second-order valence-corrected chi connectivity index (χ2v) is 10.6. The normalized spacial score (nSPS) is 16.2. The first-order chi connectivity index (χ1) is 15.3. The molecular formula is C22H22ClN3O4S2. The number of carbonyl (C=O) groups is 1. The molecule has 1 fully saturated rings. The van der Waals surface area contributed by atoms with E-state index in [1.807, 2.05) is 30.5 Å². The molecule has 3 aromatic rings. The Balaban J connectivity index is 1.51. The van der Waals surface area contributed by atoms with Crippen LogP contribution in [0.25, 0.3) is 11.3 Å². The van der Waals surface area contributed by atoms with Gasteiger partial charge in [-0.1, -0.05) is 23.7 Å².